The first-order valence-electron chi connectivity index (χ1n) is 5.39. The highest BCUT2D eigenvalue weighted by atomic mass is 127. The Morgan fingerprint density at radius 1 is 1.37 bits per heavy atom. The van der Waals surface area contributed by atoms with Gasteiger partial charge in [0.05, 0.1) is 27.8 Å². The van der Waals surface area contributed by atoms with Crippen LogP contribution in [0.5, 0.6) is 0 Å². The van der Waals surface area contributed by atoms with Crippen LogP contribution in [-0.4, -0.2) is 5.04 Å². The minimum Gasteiger partial charge on any atom is -0.392 e. The zero-order valence-corrected chi connectivity index (χ0v) is 12.7. The van der Waals surface area contributed by atoms with Crippen LogP contribution < -0.4 is 5.73 Å². The molecule has 0 fully saturated rings. The molecule has 0 aromatic heterocycles. The van der Waals surface area contributed by atoms with Gasteiger partial charge in [0, 0.05) is 9.49 Å². The summed E-state index contributed by atoms with van der Waals surface area (Å²) in [7, 11) is 0. The van der Waals surface area contributed by atoms with E-state index in [1.54, 1.807) is 0 Å². The Morgan fingerprint density at radius 3 is 2.68 bits per heavy atom. The fourth-order valence-electron chi connectivity index (χ4n) is 2.03. The van der Waals surface area contributed by atoms with Gasteiger partial charge in [-0.15, -0.1) is 0 Å². The van der Waals surface area contributed by atoms with E-state index >= 15 is 0 Å². The van der Waals surface area contributed by atoms with E-state index in [2.05, 4.69) is 34.7 Å². The summed E-state index contributed by atoms with van der Waals surface area (Å²) in [5, 5.41) is 27.0. The number of halogens is 1. The van der Waals surface area contributed by atoms with E-state index in [0.29, 0.717) is 10.6 Å². The number of nitrogens with zero attached hydrogens (tertiary/aromatic N) is 2. The quantitative estimate of drug-likeness (QED) is 0.732. The van der Waals surface area contributed by atoms with Crippen molar-refractivity contribution in [3.05, 3.63) is 44.0 Å². The van der Waals surface area contributed by atoms with Crippen LogP contribution in [0.15, 0.2) is 34.9 Å². The number of nitriles is 2. The smallest absolute Gasteiger partial charge is 0.106 e. The maximum absolute atomic E-state index is 9.28. The summed E-state index contributed by atoms with van der Waals surface area (Å²) in [6.07, 6.45) is 0. The zero-order chi connectivity index (χ0) is 14.0. The molecule has 1 aromatic rings. The van der Waals surface area contributed by atoms with Gasteiger partial charge in [-0.05, 0) is 40.3 Å². The van der Waals surface area contributed by atoms with Gasteiger partial charge in [0.2, 0.25) is 0 Å². The number of hydrogen-bond acceptors (Lipinski definition) is 5. The molecule has 19 heavy (non-hydrogen) atoms. The summed E-state index contributed by atoms with van der Waals surface area (Å²) in [4.78, 5) is 0. The molecule has 1 aliphatic rings. The second kappa shape index (κ2) is 5.64. The first-order valence-corrected chi connectivity index (χ1v) is 7.29. The minimum absolute atomic E-state index is 0.197. The predicted molar refractivity (Wildman–Crippen MR) is 83.1 cm³/mol. The largest absolute Gasteiger partial charge is 0.392 e. The third-order valence-electron chi connectivity index (χ3n) is 2.88. The molecule has 1 heterocycles. The molecule has 0 radical (unpaired) electrons. The number of allylic oxidation sites excluding steroid dienone is 1. The molecular weight excluding hydrogens is 371 g/mol. The molecule has 0 spiro atoms. The SMILES string of the molecule is N#CC1=C(N)SC(=N)[C@@H](C#N)[C@H]1c1cccc(I)c1. The lowest BCUT2D eigenvalue weighted by atomic mass is 9.82. The van der Waals surface area contributed by atoms with E-state index < -0.39 is 11.8 Å². The minimum atomic E-state index is -0.648. The molecule has 1 aliphatic heterocycles. The van der Waals surface area contributed by atoms with E-state index in [-0.39, 0.29) is 5.04 Å². The first-order chi connectivity index (χ1) is 9.08. The lowest BCUT2D eigenvalue weighted by Crippen LogP contribution is -2.26. The maximum Gasteiger partial charge on any atom is 0.106 e. The molecule has 3 N–H and O–H groups in total. The lowest BCUT2D eigenvalue weighted by Gasteiger charge is -2.27. The van der Waals surface area contributed by atoms with Crippen molar-refractivity contribution in [1.82, 2.24) is 0 Å². The summed E-state index contributed by atoms with van der Waals surface area (Å²) < 4.78 is 1.02. The number of nitrogens with two attached hydrogens (primary N) is 1. The number of rotatable bonds is 1. The molecule has 2 rings (SSSR count). The van der Waals surface area contributed by atoms with Gasteiger partial charge >= 0.3 is 0 Å². The summed E-state index contributed by atoms with van der Waals surface area (Å²) in [6.45, 7) is 0. The van der Waals surface area contributed by atoms with Crippen molar-refractivity contribution in [3.63, 3.8) is 0 Å². The molecule has 1 aromatic carbocycles. The van der Waals surface area contributed by atoms with Gasteiger partial charge in [-0.2, -0.15) is 10.5 Å². The third-order valence-corrected chi connectivity index (χ3v) is 4.46. The van der Waals surface area contributed by atoms with E-state index in [0.717, 1.165) is 20.9 Å². The molecule has 6 heteroatoms. The third kappa shape index (κ3) is 2.60. The Labute approximate surface area is 128 Å². The van der Waals surface area contributed by atoms with Crippen LogP contribution in [0.25, 0.3) is 0 Å². The molecule has 0 unspecified atom stereocenters. The van der Waals surface area contributed by atoms with Crippen molar-refractivity contribution in [1.29, 1.82) is 15.9 Å². The molecular formula is C13H9IN4S. The van der Waals surface area contributed by atoms with Gasteiger partial charge in [0.25, 0.3) is 0 Å². The van der Waals surface area contributed by atoms with E-state index in [9.17, 15) is 10.5 Å². The number of benzene rings is 1. The van der Waals surface area contributed by atoms with Crippen LogP contribution in [0, 0.1) is 37.6 Å². The monoisotopic (exact) mass is 380 g/mol. The topological polar surface area (TPSA) is 97.4 Å². The number of nitrogens with one attached hydrogen (secondary N) is 1. The molecule has 0 saturated carbocycles. The van der Waals surface area contributed by atoms with Crippen LogP contribution in [-0.2, 0) is 0 Å². The Hall–Kier alpha value is -1.51. The maximum atomic E-state index is 9.28. The summed E-state index contributed by atoms with van der Waals surface area (Å²) >= 11 is 3.18. The normalized spacial score (nSPS) is 22.8. The summed E-state index contributed by atoms with van der Waals surface area (Å²) in [5.41, 5.74) is 7.06. The first kappa shape index (κ1) is 13.9. The van der Waals surface area contributed by atoms with Crippen molar-refractivity contribution < 1.29 is 0 Å². The highest BCUT2D eigenvalue weighted by Gasteiger charge is 2.37. The average Bonchev–Trinajstić information content (AvgIpc) is 2.38. The van der Waals surface area contributed by atoms with E-state index in [4.69, 9.17) is 11.1 Å². The number of hydrogen-bond donors (Lipinski definition) is 2. The van der Waals surface area contributed by atoms with Gasteiger partial charge in [0.1, 0.15) is 5.92 Å². The molecule has 0 saturated heterocycles. The Kier molecular flexibility index (Phi) is 4.13. The Balaban J connectivity index is 2.62. The van der Waals surface area contributed by atoms with Gasteiger partial charge in [-0.1, -0.05) is 23.9 Å². The molecule has 0 aliphatic carbocycles. The lowest BCUT2D eigenvalue weighted by molar-refractivity contribution is 0.728. The second-order valence-electron chi connectivity index (χ2n) is 4.00. The van der Waals surface area contributed by atoms with E-state index in [1.165, 1.54) is 0 Å². The Bertz CT molecular complexity index is 653. The van der Waals surface area contributed by atoms with Crippen molar-refractivity contribution in [2.45, 2.75) is 5.92 Å². The highest BCUT2D eigenvalue weighted by molar-refractivity contribution is 14.1. The van der Waals surface area contributed by atoms with Crippen LogP contribution in [0.3, 0.4) is 0 Å². The zero-order valence-electron chi connectivity index (χ0n) is 9.72. The fourth-order valence-corrected chi connectivity index (χ4v) is 3.43. The molecule has 0 amide bonds. The van der Waals surface area contributed by atoms with Gasteiger partial charge in [-0.25, -0.2) is 0 Å². The van der Waals surface area contributed by atoms with E-state index in [1.807, 2.05) is 24.3 Å². The van der Waals surface area contributed by atoms with Crippen molar-refractivity contribution in [2.75, 3.05) is 0 Å². The van der Waals surface area contributed by atoms with Crippen LogP contribution in [0.4, 0.5) is 0 Å². The predicted octanol–water partition coefficient (Wildman–Crippen LogP) is 2.93. The number of thioether (sulfide) groups is 1. The second-order valence-corrected chi connectivity index (χ2v) is 6.32. The van der Waals surface area contributed by atoms with Crippen molar-refractivity contribution >= 4 is 39.4 Å². The molecule has 4 nitrogen and oxygen atoms in total. The van der Waals surface area contributed by atoms with Gasteiger partial charge < -0.3 is 5.73 Å². The Morgan fingerprint density at radius 2 is 2.11 bits per heavy atom. The highest BCUT2D eigenvalue weighted by Crippen LogP contribution is 2.42. The van der Waals surface area contributed by atoms with Crippen molar-refractivity contribution in [2.24, 2.45) is 11.7 Å². The summed E-state index contributed by atoms with van der Waals surface area (Å²) in [5.74, 6) is -1.09. The fraction of sp³-hybridized carbons (Fsp3) is 0.154. The van der Waals surface area contributed by atoms with Crippen molar-refractivity contribution in [3.8, 4) is 12.1 Å². The van der Waals surface area contributed by atoms with Gasteiger partial charge in [0.15, 0.2) is 0 Å². The summed E-state index contributed by atoms with van der Waals surface area (Å²) in [6, 6.07) is 11.8. The average molecular weight is 380 g/mol. The van der Waals surface area contributed by atoms with Gasteiger partial charge in [-0.3, -0.25) is 5.41 Å². The van der Waals surface area contributed by atoms with Crippen LogP contribution >= 0.6 is 34.4 Å². The standard InChI is InChI=1S/C13H9IN4S/c14-8-3-1-2-7(4-8)11-9(5-15)12(17)19-13(18)10(11)6-16/h1-4,9,11,17H,18H2/t9-,11+/m0/s1. The van der Waals surface area contributed by atoms with Crippen LogP contribution in [0.2, 0.25) is 0 Å². The molecule has 94 valence electrons. The molecule has 0 bridgehead atoms. The van der Waals surface area contributed by atoms with Crippen LogP contribution in [0.1, 0.15) is 11.5 Å². The molecule has 2 atom stereocenters.